The van der Waals surface area contributed by atoms with Crippen molar-refractivity contribution in [2.75, 3.05) is 13.1 Å². The van der Waals surface area contributed by atoms with E-state index in [1.165, 1.54) is 17.3 Å². The summed E-state index contributed by atoms with van der Waals surface area (Å²) in [6, 6.07) is 13.1. The topological polar surface area (TPSA) is 85.9 Å². The maximum atomic E-state index is 13.3. The van der Waals surface area contributed by atoms with Gasteiger partial charge in [-0.25, -0.2) is 0 Å². The third-order valence-corrected chi connectivity index (χ3v) is 6.41. The first-order valence-corrected chi connectivity index (χ1v) is 10.3. The summed E-state index contributed by atoms with van der Waals surface area (Å²) in [6.45, 7) is 3.19. The van der Waals surface area contributed by atoms with E-state index < -0.39 is 5.75 Å². The van der Waals surface area contributed by atoms with Crippen molar-refractivity contribution in [1.29, 1.82) is 0 Å². The highest BCUT2D eigenvalue weighted by atomic mass is 16.3. The number of likely N-dealkylation sites (tertiary alicyclic amines) is 1. The molecule has 0 spiro atoms. The van der Waals surface area contributed by atoms with Crippen molar-refractivity contribution in [2.24, 2.45) is 0 Å². The largest absolute Gasteiger partial charge is 0.504 e. The van der Waals surface area contributed by atoms with E-state index in [4.69, 9.17) is 0 Å². The number of carbonyl (C=O) groups is 1. The zero-order chi connectivity index (χ0) is 21.0. The molecule has 1 amide bonds. The van der Waals surface area contributed by atoms with Gasteiger partial charge in [0.15, 0.2) is 11.5 Å². The molecule has 154 valence electrons. The summed E-state index contributed by atoms with van der Waals surface area (Å²) in [5.41, 5.74) is 5.93. The van der Waals surface area contributed by atoms with Crippen LogP contribution in [0.15, 0.2) is 42.5 Å². The van der Waals surface area contributed by atoms with Gasteiger partial charge in [-0.2, -0.15) is 0 Å². The van der Waals surface area contributed by atoms with Crippen LogP contribution in [-0.2, 0) is 6.42 Å². The molecule has 1 aromatic heterocycles. The highest BCUT2D eigenvalue weighted by Gasteiger charge is 2.29. The number of piperidine rings is 1. The molecular formula is C24H24N2O4. The number of benzene rings is 2. The second-order valence-corrected chi connectivity index (χ2v) is 8.28. The summed E-state index contributed by atoms with van der Waals surface area (Å²) in [5, 5.41) is 29.7. The van der Waals surface area contributed by atoms with E-state index in [1.807, 2.05) is 23.1 Å². The Labute approximate surface area is 174 Å². The van der Waals surface area contributed by atoms with Crippen LogP contribution in [0.25, 0.3) is 5.69 Å². The number of carbonyl (C=O) groups excluding carboxylic acids is 1. The van der Waals surface area contributed by atoms with Crippen molar-refractivity contribution in [3.05, 3.63) is 70.5 Å². The molecule has 1 saturated heterocycles. The fraction of sp³-hybridized carbons (Fsp3) is 0.292. The van der Waals surface area contributed by atoms with Crippen LogP contribution in [-0.4, -0.2) is 43.8 Å². The van der Waals surface area contributed by atoms with Crippen molar-refractivity contribution < 1.29 is 20.1 Å². The number of rotatable bonds is 2. The summed E-state index contributed by atoms with van der Waals surface area (Å²) in [4.78, 5) is 15.1. The zero-order valence-corrected chi connectivity index (χ0v) is 16.8. The smallest absolute Gasteiger partial charge is 0.253 e. The number of fused-ring (bicyclic) bond motifs is 3. The van der Waals surface area contributed by atoms with Gasteiger partial charge in [0.25, 0.3) is 5.91 Å². The average molecular weight is 404 g/mol. The molecule has 2 aromatic carbocycles. The summed E-state index contributed by atoms with van der Waals surface area (Å²) in [5.74, 6) is -1.28. The number of nitrogens with zero attached hydrogens (tertiary/aromatic N) is 2. The lowest BCUT2D eigenvalue weighted by Gasteiger charge is -2.33. The Morgan fingerprint density at radius 3 is 2.70 bits per heavy atom. The van der Waals surface area contributed by atoms with Crippen molar-refractivity contribution in [1.82, 2.24) is 9.47 Å². The lowest BCUT2D eigenvalue weighted by Crippen LogP contribution is -2.39. The number of hydrogen-bond donors (Lipinski definition) is 3. The van der Waals surface area contributed by atoms with Gasteiger partial charge in [-0.3, -0.25) is 4.79 Å². The monoisotopic (exact) mass is 404 g/mol. The Bertz CT molecular complexity index is 1160. The number of aromatic nitrogens is 1. The second-order valence-electron chi connectivity index (χ2n) is 8.28. The molecule has 1 unspecified atom stereocenters. The van der Waals surface area contributed by atoms with Gasteiger partial charge < -0.3 is 24.8 Å². The van der Waals surface area contributed by atoms with Gasteiger partial charge >= 0.3 is 0 Å². The van der Waals surface area contributed by atoms with E-state index in [9.17, 15) is 20.1 Å². The molecule has 1 atom stereocenters. The number of phenols is 3. The van der Waals surface area contributed by atoms with Crippen molar-refractivity contribution >= 4 is 5.91 Å². The van der Waals surface area contributed by atoms with E-state index >= 15 is 0 Å². The molecule has 2 aliphatic rings. The molecule has 0 aliphatic carbocycles. The summed E-state index contributed by atoms with van der Waals surface area (Å²) >= 11 is 0. The van der Waals surface area contributed by atoms with Gasteiger partial charge in [0, 0.05) is 53.6 Å². The van der Waals surface area contributed by atoms with Crippen LogP contribution in [0.3, 0.4) is 0 Å². The normalized spacial score (nSPS) is 17.6. The van der Waals surface area contributed by atoms with Gasteiger partial charge in [0.05, 0.1) is 0 Å². The van der Waals surface area contributed by atoms with Crippen molar-refractivity contribution in [3.8, 4) is 22.9 Å². The number of amides is 1. The van der Waals surface area contributed by atoms with Gasteiger partial charge in [-0.1, -0.05) is 12.1 Å². The maximum absolute atomic E-state index is 13.3. The quantitative estimate of drug-likeness (QED) is 0.443. The Morgan fingerprint density at radius 1 is 1.03 bits per heavy atom. The third-order valence-electron chi connectivity index (χ3n) is 6.41. The SMILES string of the molecule is Cc1ccc2n1-c1cc(C(=O)N3CCCC(c4ccc(O)c(O)c4O)C3)ccc1C2. The standard InChI is InChI=1S/C24H24N2O4/c1-14-4-7-18-11-15-5-6-16(12-20(15)26(14)18)24(30)25-10-2-3-17(13-25)19-8-9-21(27)23(29)22(19)28/h4-9,12,17,27-29H,2-3,10-11,13H2,1H3. The molecule has 0 radical (unpaired) electrons. The number of aromatic hydroxyl groups is 3. The first-order valence-electron chi connectivity index (χ1n) is 10.3. The Balaban J connectivity index is 1.41. The zero-order valence-electron chi connectivity index (χ0n) is 16.8. The molecule has 6 nitrogen and oxygen atoms in total. The molecule has 1 fully saturated rings. The fourth-order valence-electron chi connectivity index (χ4n) is 4.84. The van der Waals surface area contributed by atoms with Crippen LogP contribution in [0, 0.1) is 6.92 Å². The first kappa shape index (κ1) is 18.6. The van der Waals surface area contributed by atoms with Gasteiger partial charge in [-0.05, 0) is 55.7 Å². The Kier molecular flexibility index (Phi) is 4.24. The molecule has 30 heavy (non-hydrogen) atoms. The molecule has 0 bridgehead atoms. The van der Waals surface area contributed by atoms with Crippen LogP contribution >= 0.6 is 0 Å². The van der Waals surface area contributed by atoms with Crippen LogP contribution < -0.4 is 0 Å². The molecule has 5 rings (SSSR count). The summed E-state index contributed by atoms with van der Waals surface area (Å²) < 4.78 is 2.21. The van der Waals surface area contributed by atoms with E-state index in [1.54, 1.807) is 6.07 Å². The van der Waals surface area contributed by atoms with E-state index in [0.29, 0.717) is 24.2 Å². The van der Waals surface area contributed by atoms with Gasteiger partial charge in [0.2, 0.25) is 5.75 Å². The predicted molar refractivity (Wildman–Crippen MR) is 113 cm³/mol. The molecule has 2 aliphatic heterocycles. The van der Waals surface area contributed by atoms with Crippen LogP contribution in [0.2, 0.25) is 0 Å². The minimum atomic E-state index is -0.507. The molecule has 3 heterocycles. The van der Waals surface area contributed by atoms with Crippen LogP contribution in [0.1, 0.15) is 51.6 Å². The van der Waals surface area contributed by atoms with Crippen molar-refractivity contribution in [3.63, 3.8) is 0 Å². The number of hydrogen-bond acceptors (Lipinski definition) is 4. The summed E-state index contributed by atoms with van der Waals surface area (Å²) in [7, 11) is 0. The van der Waals surface area contributed by atoms with E-state index in [0.717, 1.165) is 30.6 Å². The fourth-order valence-corrected chi connectivity index (χ4v) is 4.84. The van der Waals surface area contributed by atoms with E-state index in [2.05, 4.69) is 23.6 Å². The van der Waals surface area contributed by atoms with Crippen LogP contribution in [0.4, 0.5) is 0 Å². The Hall–Kier alpha value is -3.41. The highest BCUT2D eigenvalue weighted by Crippen LogP contribution is 2.42. The van der Waals surface area contributed by atoms with Crippen LogP contribution in [0.5, 0.6) is 17.2 Å². The summed E-state index contributed by atoms with van der Waals surface area (Å²) in [6.07, 6.45) is 2.49. The highest BCUT2D eigenvalue weighted by molar-refractivity contribution is 5.95. The molecule has 0 saturated carbocycles. The van der Waals surface area contributed by atoms with Gasteiger partial charge in [-0.15, -0.1) is 0 Å². The minimum Gasteiger partial charge on any atom is -0.504 e. The first-order chi connectivity index (χ1) is 14.4. The predicted octanol–water partition coefficient (Wildman–Crippen LogP) is 3.83. The number of aryl methyl sites for hydroxylation is 1. The molecule has 3 N–H and O–H groups in total. The van der Waals surface area contributed by atoms with Crippen molar-refractivity contribution in [2.45, 2.75) is 32.1 Å². The molecule has 3 aromatic rings. The molecular weight excluding hydrogens is 380 g/mol. The lowest BCUT2D eigenvalue weighted by molar-refractivity contribution is 0.0706. The maximum Gasteiger partial charge on any atom is 0.253 e. The second kappa shape index (κ2) is 6.83. The number of phenolic OH excluding ortho intramolecular Hbond substituents is 3. The van der Waals surface area contributed by atoms with Gasteiger partial charge in [0.1, 0.15) is 0 Å². The lowest BCUT2D eigenvalue weighted by atomic mass is 9.89. The average Bonchev–Trinajstić information content (AvgIpc) is 3.30. The molecule has 6 heteroatoms. The third kappa shape index (κ3) is 2.83. The minimum absolute atomic E-state index is 0.0248. The Morgan fingerprint density at radius 2 is 1.87 bits per heavy atom. The van der Waals surface area contributed by atoms with E-state index in [-0.39, 0.29) is 23.3 Å².